The fourth-order valence-corrected chi connectivity index (χ4v) is 5.59. The number of benzene rings is 3. The summed E-state index contributed by atoms with van der Waals surface area (Å²) in [6.07, 6.45) is 0.381. The lowest BCUT2D eigenvalue weighted by Crippen LogP contribution is -2.53. The maximum atomic E-state index is 14.0. The third kappa shape index (κ3) is 7.22. The fraction of sp³-hybridized carbons (Fsp3) is 0.333. The maximum absolute atomic E-state index is 14.0. The Morgan fingerprint density at radius 1 is 0.842 bits per heavy atom. The van der Waals surface area contributed by atoms with Crippen molar-refractivity contribution in [3.05, 3.63) is 95.6 Å². The molecule has 3 rings (SSSR count). The van der Waals surface area contributed by atoms with E-state index in [1.807, 2.05) is 71.0 Å². The first-order valence-electron chi connectivity index (χ1n) is 12.8. The molecule has 0 radical (unpaired) electrons. The highest BCUT2D eigenvalue weighted by Gasteiger charge is 2.33. The number of rotatable bonds is 11. The largest absolute Gasteiger partial charge is 0.352 e. The summed E-state index contributed by atoms with van der Waals surface area (Å²) < 4.78 is 28.7. The monoisotopic (exact) mass is 535 g/mol. The molecule has 0 aliphatic heterocycles. The number of carbonyl (C=O) groups excluding carboxylic acids is 2. The zero-order valence-corrected chi connectivity index (χ0v) is 23.5. The summed E-state index contributed by atoms with van der Waals surface area (Å²) in [5, 5.41) is 2.91. The normalized spacial score (nSPS) is 12.2. The standard InChI is InChI=1S/C30H37N3O4S/c1-6-28(30(35)31-22(2)3)32(20-25-16-12-23(4)13-17-25)29(34)21-33(26-18-14-24(5)15-19-26)38(36,37)27-10-8-7-9-11-27/h7-19,22,28H,6,20-21H2,1-5H3,(H,31,35)/t28-/m0/s1. The van der Waals surface area contributed by atoms with E-state index in [1.165, 1.54) is 17.0 Å². The number of nitrogens with zero attached hydrogens (tertiary/aromatic N) is 2. The van der Waals surface area contributed by atoms with Gasteiger partial charge in [-0.25, -0.2) is 8.42 Å². The Morgan fingerprint density at radius 2 is 1.39 bits per heavy atom. The summed E-state index contributed by atoms with van der Waals surface area (Å²) >= 11 is 0. The third-order valence-corrected chi connectivity index (χ3v) is 8.01. The molecule has 0 heterocycles. The van der Waals surface area contributed by atoms with E-state index in [4.69, 9.17) is 0 Å². The summed E-state index contributed by atoms with van der Waals surface area (Å²) in [5.74, 6) is -0.729. The molecule has 0 unspecified atom stereocenters. The highest BCUT2D eigenvalue weighted by atomic mass is 32.2. The number of hydrogen-bond acceptors (Lipinski definition) is 4. The van der Waals surface area contributed by atoms with Crippen molar-refractivity contribution in [1.82, 2.24) is 10.2 Å². The van der Waals surface area contributed by atoms with Crippen LogP contribution in [0.1, 0.15) is 43.9 Å². The van der Waals surface area contributed by atoms with Gasteiger partial charge in [-0.1, -0.05) is 72.6 Å². The minimum Gasteiger partial charge on any atom is -0.352 e. The Kier molecular flexibility index (Phi) is 9.69. The first kappa shape index (κ1) is 28.9. The summed E-state index contributed by atoms with van der Waals surface area (Å²) in [6.45, 7) is 9.19. The van der Waals surface area contributed by atoms with Crippen molar-refractivity contribution in [3.63, 3.8) is 0 Å². The van der Waals surface area contributed by atoms with Crippen LogP contribution in [0.5, 0.6) is 0 Å². The van der Waals surface area contributed by atoms with Gasteiger partial charge in [0.2, 0.25) is 11.8 Å². The molecule has 3 aromatic carbocycles. The van der Waals surface area contributed by atoms with Gasteiger partial charge in [0.1, 0.15) is 12.6 Å². The highest BCUT2D eigenvalue weighted by molar-refractivity contribution is 7.92. The summed E-state index contributed by atoms with van der Waals surface area (Å²) in [5.41, 5.74) is 3.28. The zero-order valence-electron chi connectivity index (χ0n) is 22.7. The van der Waals surface area contributed by atoms with Crippen LogP contribution in [0.4, 0.5) is 5.69 Å². The van der Waals surface area contributed by atoms with Gasteiger partial charge in [-0.2, -0.15) is 0 Å². The lowest BCUT2D eigenvalue weighted by atomic mass is 10.1. The molecular weight excluding hydrogens is 498 g/mol. The molecule has 1 atom stereocenters. The van der Waals surface area contributed by atoms with Crippen molar-refractivity contribution in [2.45, 2.75) is 64.6 Å². The van der Waals surface area contributed by atoms with Gasteiger partial charge in [0.15, 0.2) is 0 Å². The second-order valence-electron chi connectivity index (χ2n) is 9.75. The number of sulfonamides is 1. The van der Waals surface area contributed by atoms with Gasteiger partial charge in [-0.3, -0.25) is 13.9 Å². The van der Waals surface area contributed by atoms with E-state index in [2.05, 4.69) is 5.32 Å². The van der Waals surface area contributed by atoms with Crippen molar-refractivity contribution in [2.75, 3.05) is 10.8 Å². The van der Waals surface area contributed by atoms with Crippen LogP contribution >= 0.6 is 0 Å². The predicted molar refractivity (Wildman–Crippen MR) is 151 cm³/mol. The molecule has 2 amide bonds. The predicted octanol–water partition coefficient (Wildman–Crippen LogP) is 4.83. The molecule has 0 aliphatic carbocycles. The number of amides is 2. The molecule has 8 heteroatoms. The molecule has 0 aromatic heterocycles. The molecule has 1 N–H and O–H groups in total. The number of anilines is 1. The summed E-state index contributed by atoms with van der Waals surface area (Å²) in [6, 6.07) is 21.9. The number of hydrogen-bond donors (Lipinski definition) is 1. The zero-order chi connectivity index (χ0) is 27.9. The van der Waals surface area contributed by atoms with Crippen LogP contribution in [-0.2, 0) is 26.2 Å². The smallest absolute Gasteiger partial charge is 0.264 e. The molecule has 0 saturated carbocycles. The fourth-order valence-electron chi connectivity index (χ4n) is 4.15. The van der Waals surface area contributed by atoms with E-state index >= 15 is 0 Å². The highest BCUT2D eigenvalue weighted by Crippen LogP contribution is 2.25. The van der Waals surface area contributed by atoms with Crippen LogP contribution < -0.4 is 9.62 Å². The first-order valence-corrected chi connectivity index (χ1v) is 14.3. The molecule has 38 heavy (non-hydrogen) atoms. The SMILES string of the molecule is CC[C@@H](C(=O)NC(C)C)N(Cc1ccc(C)cc1)C(=O)CN(c1ccc(C)cc1)S(=O)(=O)c1ccccc1. The van der Waals surface area contributed by atoms with Crippen LogP contribution in [0.2, 0.25) is 0 Å². The molecule has 3 aromatic rings. The Labute approximate surface area is 226 Å². The topological polar surface area (TPSA) is 86.8 Å². The van der Waals surface area contributed by atoms with E-state index in [-0.39, 0.29) is 23.4 Å². The van der Waals surface area contributed by atoms with E-state index in [9.17, 15) is 18.0 Å². The van der Waals surface area contributed by atoms with E-state index in [0.29, 0.717) is 12.1 Å². The van der Waals surface area contributed by atoms with Crippen LogP contribution in [0.3, 0.4) is 0 Å². The van der Waals surface area contributed by atoms with Gasteiger partial charge in [-0.05, 0) is 63.9 Å². The van der Waals surface area contributed by atoms with Crippen molar-refractivity contribution in [3.8, 4) is 0 Å². The van der Waals surface area contributed by atoms with Gasteiger partial charge in [0.05, 0.1) is 10.6 Å². The summed E-state index contributed by atoms with van der Waals surface area (Å²) in [7, 11) is -4.06. The van der Waals surface area contributed by atoms with Crippen LogP contribution in [0, 0.1) is 13.8 Å². The van der Waals surface area contributed by atoms with Gasteiger partial charge in [-0.15, -0.1) is 0 Å². The molecule has 0 spiro atoms. The van der Waals surface area contributed by atoms with Crippen molar-refractivity contribution in [2.24, 2.45) is 0 Å². The number of aryl methyl sites for hydroxylation is 2. The van der Waals surface area contributed by atoms with Crippen LogP contribution in [-0.4, -0.2) is 43.8 Å². The molecule has 0 fully saturated rings. The Morgan fingerprint density at radius 3 is 1.92 bits per heavy atom. The molecule has 0 bridgehead atoms. The van der Waals surface area contributed by atoms with Gasteiger partial charge in [0.25, 0.3) is 10.0 Å². The summed E-state index contributed by atoms with van der Waals surface area (Å²) in [4.78, 5) is 28.7. The first-order chi connectivity index (χ1) is 18.0. The minimum absolute atomic E-state index is 0.0862. The number of carbonyl (C=O) groups is 2. The van der Waals surface area contributed by atoms with Gasteiger partial charge < -0.3 is 10.2 Å². The van der Waals surface area contributed by atoms with Crippen molar-refractivity contribution < 1.29 is 18.0 Å². The Hall–Kier alpha value is -3.65. The maximum Gasteiger partial charge on any atom is 0.264 e. The average molecular weight is 536 g/mol. The second kappa shape index (κ2) is 12.7. The van der Waals surface area contributed by atoms with E-state index in [1.54, 1.807) is 30.3 Å². The quantitative estimate of drug-likeness (QED) is 0.381. The van der Waals surface area contributed by atoms with E-state index < -0.39 is 28.5 Å². The average Bonchev–Trinajstić information content (AvgIpc) is 2.89. The third-order valence-electron chi connectivity index (χ3n) is 6.22. The molecule has 202 valence electrons. The lowest BCUT2D eigenvalue weighted by Gasteiger charge is -2.33. The van der Waals surface area contributed by atoms with Gasteiger partial charge >= 0.3 is 0 Å². The molecular formula is C30H37N3O4S. The molecule has 7 nitrogen and oxygen atoms in total. The second-order valence-corrected chi connectivity index (χ2v) is 11.6. The minimum atomic E-state index is -4.06. The Bertz CT molecular complexity index is 1320. The van der Waals surface area contributed by atoms with Crippen LogP contribution in [0.25, 0.3) is 0 Å². The number of nitrogens with one attached hydrogen (secondary N) is 1. The Balaban J connectivity index is 2.04. The van der Waals surface area contributed by atoms with Gasteiger partial charge in [0, 0.05) is 12.6 Å². The van der Waals surface area contributed by atoms with E-state index in [0.717, 1.165) is 21.0 Å². The van der Waals surface area contributed by atoms with Crippen molar-refractivity contribution >= 4 is 27.5 Å². The van der Waals surface area contributed by atoms with Crippen LogP contribution in [0.15, 0.2) is 83.8 Å². The van der Waals surface area contributed by atoms with Crippen molar-refractivity contribution in [1.29, 1.82) is 0 Å². The molecule has 0 saturated heterocycles. The lowest BCUT2D eigenvalue weighted by molar-refractivity contribution is -0.140. The molecule has 0 aliphatic rings.